The second-order valence-electron chi connectivity index (χ2n) is 3.89. The number of hydrogen-bond donors (Lipinski definition) is 1. The summed E-state index contributed by atoms with van der Waals surface area (Å²) in [7, 11) is 1.22. The minimum Gasteiger partial charge on any atom is -0.480 e. The Bertz CT molecular complexity index is 546. The van der Waals surface area contributed by atoms with Crippen molar-refractivity contribution in [3.05, 3.63) is 39.7 Å². The molecule has 0 fully saturated rings. The fraction of sp³-hybridized carbons (Fsp3) is 0.273. The topological polar surface area (TPSA) is 101 Å². The van der Waals surface area contributed by atoms with Crippen LogP contribution in [0.2, 0.25) is 0 Å². The predicted octanol–water partition coefficient (Wildman–Crippen LogP) is 1.28. The van der Waals surface area contributed by atoms with E-state index in [1.165, 1.54) is 14.0 Å². The first kappa shape index (κ1) is 14.6. The molecule has 1 atom stereocenters. The number of hydrogen-bond acceptors (Lipinski definition) is 4. The number of rotatable bonds is 4. The number of nitrogens with zero attached hydrogens (tertiary/aromatic N) is 2. The lowest BCUT2D eigenvalue weighted by Crippen LogP contribution is -2.40. The highest BCUT2D eigenvalue weighted by Gasteiger charge is 2.24. The lowest BCUT2D eigenvalue weighted by atomic mass is 10.1. The van der Waals surface area contributed by atoms with E-state index >= 15 is 0 Å². The molecule has 0 aliphatic rings. The molecular formula is C11H11FN2O5. The van der Waals surface area contributed by atoms with Crippen LogP contribution in [0, 0.1) is 15.9 Å². The normalized spacial score (nSPS) is 11.7. The molecule has 0 aliphatic heterocycles. The number of nitro benzene ring substituents is 1. The Kier molecular flexibility index (Phi) is 4.15. The van der Waals surface area contributed by atoms with E-state index in [0.717, 1.165) is 17.0 Å². The summed E-state index contributed by atoms with van der Waals surface area (Å²) in [6.45, 7) is 1.27. The van der Waals surface area contributed by atoms with E-state index in [1.807, 2.05) is 0 Å². The Morgan fingerprint density at radius 3 is 2.47 bits per heavy atom. The van der Waals surface area contributed by atoms with Crippen LogP contribution in [0.1, 0.15) is 17.3 Å². The molecule has 1 N–H and O–H groups in total. The largest absolute Gasteiger partial charge is 0.480 e. The maximum absolute atomic E-state index is 13.2. The molecule has 0 saturated carbocycles. The van der Waals surface area contributed by atoms with Crippen molar-refractivity contribution < 1.29 is 24.0 Å². The van der Waals surface area contributed by atoms with Gasteiger partial charge in [0.2, 0.25) is 0 Å². The zero-order chi connectivity index (χ0) is 14.7. The van der Waals surface area contributed by atoms with Gasteiger partial charge in [-0.3, -0.25) is 14.9 Å². The maximum atomic E-state index is 13.2. The van der Waals surface area contributed by atoms with Gasteiger partial charge in [-0.2, -0.15) is 0 Å². The van der Waals surface area contributed by atoms with Crippen LogP contribution in [0.25, 0.3) is 0 Å². The number of likely N-dealkylation sites (N-methyl/N-ethyl adjacent to an activating group) is 1. The summed E-state index contributed by atoms with van der Waals surface area (Å²) in [5.41, 5.74) is -0.845. The van der Waals surface area contributed by atoms with Crippen LogP contribution in [0.15, 0.2) is 18.2 Å². The summed E-state index contributed by atoms with van der Waals surface area (Å²) in [5.74, 6) is -2.98. The van der Waals surface area contributed by atoms with Gasteiger partial charge in [0, 0.05) is 18.7 Å². The number of carboxylic acids is 1. The number of amides is 1. The molecule has 1 unspecified atom stereocenters. The zero-order valence-electron chi connectivity index (χ0n) is 10.2. The molecule has 1 aromatic carbocycles. The molecule has 8 heteroatoms. The first-order valence-electron chi connectivity index (χ1n) is 5.19. The molecule has 0 heterocycles. The summed E-state index contributed by atoms with van der Waals surface area (Å²) in [6, 6.07) is 1.27. The summed E-state index contributed by atoms with van der Waals surface area (Å²) in [5, 5.41) is 19.3. The maximum Gasteiger partial charge on any atom is 0.326 e. The Hall–Kier alpha value is -2.51. The summed E-state index contributed by atoms with van der Waals surface area (Å²) >= 11 is 0. The highest BCUT2D eigenvalue weighted by atomic mass is 19.1. The van der Waals surface area contributed by atoms with Crippen LogP contribution in [0.3, 0.4) is 0 Å². The van der Waals surface area contributed by atoms with E-state index in [9.17, 15) is 24.1 Å². The van der Waals surface area contributed by atoms with Gasteiger partial charge in [-0.05, 0) is 13.0 Å². The lowest BCUT2D eigenvalue weighted by Gasteiger charge is -2.21. The minimum absolute atomic E-state index is 0.276. The second kappa shape index (κ2) is 5.42. The highest BCUT2D eigenvalue weighted by molar-refractivity contribution is 5.96. The van der Waals surface area contributed by atoms with Crippen LogP contribution in [0.4, 0.5) is 10.1 Å². The molecular weight excluding hydrogens is 259 g/mol. The molecule has 0 aromatic heterocycles. The van der Waals surface area contributed by atoms with Crippen molar-refractivity contribution in [2.24, 2.45) is 0 Å². The summed E-state index contributed by atoms with van der Waals surface area (Å²) in [6.07, 6.45) is 0. The van der Waals surface area contributed by atoms with E-state index in [-0.39, 0.29) is 5.56 Å². The molecule has 7 nitrogen and oxygen atoms in total. The van der Waals surface area contributed by atoms with Gasteiger partial charge in [0.25, 0.3) is 11.6 Å². The van der Waals surface area contributed by atoms with E-state index in [4.69, 9.17) is 5.11 Å². The third kappa shape index (κ3) is 3.24. The van der Waals surface area contributed by atoms with E-state index in [0.29, 0.717) is 6.07 Å². The van der Waals surface area contributed by atoms with Gasteiger partial charge in [0.1, 0.15) is 11.9 Å². The van der Waals surface area contributed by atoms with Crippen LogP contribution in [0.5, 0.6) is 0 Å². The Morgan fingerprint density at radius 2 is 2.00 bits per heavy atom. The number of benzene rings is 1. The number of aliphatic carboxylic acids is 1. The Labute approximate surface area is 107 Å². The fourth-order valence-electron chi connectivity index (χ4n) is 1.35. The number of non-ortho nitro benzene ring substituents is 1. The third-order valence-electron chi connectivity index (χ3n) is 2.60. The predicted molar refractivity (Wildman–Crippen MR) is 62.2 cm³/mol. The van der Waals surface area contributed by atoms with Crippen LogP contribution >= 0.6 is 0 Å². The van der Waals surface area contributed by atoms with Gasteiger partial charge in [-0.15, -0.1) is 0 Å². The van der Waals surface area contributed by atoms with Crippen molar-refractivity contribution in [2.45, 2.75) is 13.0 Å². The van der Waals surface area contributed by atoms with Crippen molar-refractivity contribution in [1.29, 1.82) is 0 Å². The van der Waals surface area contributed by atoms with Gasteiger partial charge in [-0.25, -0.2) is 9.18 Å². The Morgan fingerprint density at radius 1 is 1.42 bits per heavy atom. The number of carbonyl (C=O) groups is 2. The highest BCUT2D eigenvalue weighted by Crippen LogP contribution is 2.18. The number of halogens is 1. The first-order chi connectivity index (χ1) is 8.73. The van der Waals surface area contributed by atoms with Crippen molar-refractivity contribution in [3.8, 4) is 0 Å². The van der Waals surface area contributed by atoms with Gasteiger partial charge < -0.3 is 10.0 Å². The first-order valence-corrected chi connectivity index (χ1v) is 5.19. The van der Waals surface area contributed by atoms with Crippen LogP contribution < -0.4 is 0 Å². The fourth-order valence-corrected chi connectivity index (χ4v) is 1.35. The molecule has 1 rings (SSSR count). The quantitative estimate of drug-likeness (QED) is 0.656. The van der Waals surface area contributed by atoms with Gasteiger partial charge in [-0.1, -0.05) is 0 Å². The minimum atomic E-state index is -1.23. The van der Waals surface area contributed by atoms with Crippen molar-refractivity contribution in [3.63, 3.8) is 0 Å². The molecule has 0 saturated heterocycles. The molecule has 19 heavy (non-hydrogen) atoms. The molecule has 1 aromatic rings. The number of nitro groups is 1. The number of carboxylic acid groups (broad SMARTS) is 1. The average Bonchev–Trinajstić information content (AvgIpc) is 2.35. The van der Waals surface area contributed by atoms with E-state index in [2.05, 4.69) is 0 Å². The van der Waals surface area contributed by atoms with Gasteiger partial charge >= 0.3 is 5.97 Å². The Balaban J connectivity index is 3.12. The standard InChI is InChI=1S/C11H11FN2O5/c1-6(11(16)17)13(2)10(15)7-3-8(12)5-9(4-7)14(18)19/h3-6H,1-2H3,(H,16,17). The lowest BCUT2D eigenvalue weighted by molar-refractivity contribution is -0.385. The molecule has 1 amide bonds. The summed E-state index contributed by atoms with van der Waals surface area (Å²) in [4.78, 5) is 33.2. The van der Waals surface area contributed by atoms with E-state index < -0.39 is 34.3 Å². The SMILES string of the molecule is CC(C(=O)O)N(C)C(=O)c1cc(F)cc([N+](=O)[O-])c1. The molecule has 0 aliphatic carbocycles. The van der Waals surface area contributed by atoms with Crippen molar-refractivity contribution >= 4 is 17.6 Å². The third-order valence-corrected chi connectivity index (χ3v) is 2.60. The molecule has 0 bridgehead atoms. The second-order valence-corrected chi connectivity index (χ2v) is 3.89. The van der Waals surface area contributed by atoms with Crippen LogP contribution in [-0.4, -0.2) is 39.9 Å². The average molecular weight is 270 g/mol. The van der Waals surface area contributed by atoms with Crippen LogP contribution in [-0.2, 0) is 4.79 Å². The smallest absolute Gasteiger partial charge is 0.326 e. The van der Waals surface area contributed by atoms with Gasteiger partial charge in [0.15, 0.2) is 0 Å². The monoisotopic (exact) mass is 270 g/mol. The number of carbonyl (C=O) groups excluding carboxylic acids is 1. The zero-order valence-corrected chi connectivity index (χ0v) is 10.2. The molecule has 0 radical (unpaired) electrons. The van der Waals surface area contributed by atoms with E-state index in [1.54, 1.807) is 0 Å². The van der Waals surface area contributed by atoms with Gasteiger partial charge in [0.05, 0.1) is 11.0 Å². The van der Waals surface area contributed by atoms with Crippen molar-refractivity contribution in [1.82, 2.24) is 4.90 Å². The molecule has 102 valence electrons. The molecule has 0 spiro atoms. The van der Waals surface area contributed by atoms with Crippen molar-refractivity contribution in [2.75, 3.05) is 7.05 Å². The summed E-state index contributed by atoms with van der Waals surface area (Å²) < 4.78 is 13.2.